The highest BCUT2D eigenvalue weighted by atomic mass is 16.8. The number of aldehydes is 1. The molecular formula is C87H138O49. The largest absolute Gasteiger partial charge is 0.479 e. The second-order valence-corrected chi connectivity index (χ2v) is 41.4. The number of aliphatic hydroxyl groups excluding tert-OH is 25. The zero-order chi connectivity index (χ0) is 99.0. The third kappa shape index (κ3) is 19.2. The third-order valence-electron chi connectivity index (χ3n) is 32.8. The molecule has 14 fully saturated rings. The molecule has 10 aliphatic heterocycles. The van der Waals surface area contributed by atoms with E-state index in [0.29, 0.717) is 44.9 Å². The first-order chi connectivity index (χ1) is 64.0. The minimum atomic E-state index is -2.35. The van der Waals surface area contributed by atoms with Gasteiger partial charge in [-0.3, -0.25) is 4.79 Å². The van der Waals surface area contributed by atoms with E-state index >= 15 is 4.79 Å². The summed E-state index contributed by atoms with van der Waals surface area (Å²) in [5.74, 6) is -3.95. The molecule has 136 heavy (non-hydrogen) atoms. The third-order valence-corrected chi connectivity index (χ3v) is 32.8. The van der Waals surface area contributed by atoms with E-state index in [2.05, 4.69) is 40.7 Å². The Labute approximate surface area is 780 Å². The van der Waals surface area contributed by atoms with Gasteiger partial charge in [0.05, 0.1) is 74.9 Å². The summed E-state index contributed by atoms with van der Waals surface area (Å²) in [6.45, 7) is 11.5. The fourth-order valence-electron chi connectivity index (χ4n) is 24.2. The highest BCUT2D eigenvalue weighted by molar-refractivity contribution is 5.79. The molecule has 0 bridgehead atoms. The normalized spacial score (nSPS) is 55.0. The summed E-state index contributed by atoms with van der Waals surface area (Å²) in [6, 6.07) is 0. The molecule has 4 saturated carbocycles. The van der Waals surface area contributed by atoms with Gasteiger partial charge in [0.25, 0.3) is 0 Å². The number of rotatable bonds is 25. The lowest BCUT2D eigenvalue weighted by molar-refractivity contribution is -0.400. The zero-order valence-electron chi connectivity index (χ0n) is 76.4. The van der Waals surface area contributed by atoms with Crippen molar-refractivity contribution in [2.24, 2.45) is 50.2 Å². The number of carboxylic acid groups (broad SMARTS) is 1. The van der Waals surface area contributed by atoms with Gasteiger partial charge in [-0.1, -0.05) is 53.2 Å². The molecule has 0 amide bonds. The second-order valence-electron chi connectivity index (χ2n) is 41.4. The van der Waals surface area contributed by atoms with Crippen LogP contribution in [0, 0.1) is 50.2 Å². The first-order valence-electron chi connectivity index (χ1n) is 46.7. The number of esters is 1. The maximum Gasteiger partial charge on any atom is 0.335 e. The van der Waals surface area contributed by atoms with E-state index in [1.807, 2.05) is 0 Å². The molecule has 0 unspecified atom stereocenters. The number of carbonyl (C=O) groups is 3. The summed E-state index contributed by atoms with van der Waals surface area (Å²) >= 11 is 0. The fraction of sp³-hybridized carbons (Fsp3) is 0.943. The van der Waals surface area contributed by atoms with Crippen molar-refractivity contribution in [3.8, 4) is 0 Å². The Morgan fingerprint density at radius 1 is 0.382 bits per heavy atom. The van der Waals surface area contributed by atoms with E-state index in [0.717, 1.165) is 11.9 Å². The number of aliphatic hydroxyl groups is 25. The van der Waals surface area contributed by atoms with E-state index in [9.17, 15) is 142 Å². The summed E-state index contributed by atoms with van der Waals surface area (Å²) < 4.78 is 122. The topological polar surface area (TPSA) is 762 Å². The maximum absolute atomic E-state index is 16.2. The zero-order valence-corrected chi connectivity index (χ0v) is 76.4. The van der Waals surface area contributed by atoms with Gasteiger partial charge in [0.15, 0.2) is 62.7 Å². The van der Waals surface area contributed by atoms with Gasteiger partial charge in [0.2, 0.25) is 6.29 Å². The maximum atomic E-state index is 16.2. The lowest BCUT2D eigenvalue weighted by Crippen LogP contribution is -2.69. The second kappa shape index (κ2) is 41.5. The Hall–Kier alpha value is -3.41. The van der Waals surface area contributed by atoms with Gasteiger partial charge in [0, 0.05) is 0 Å². The molecule has 0 spiro atoms. The number of carbonyl (C=O) groups excluding carboxylic acids is 2. The first-order valence-corrected chi connectivity index (χ1v) is 46.7. The van der Waals surface area contributed by atoms with Crippen molar-refractivity contribution < 1.29 is 242 Å². The van der Waals surface area contributed by atoms with Crippen LogP contribution >= 0.6 is 0 Å². The number of ether oxygens (including phenoxy) is 20. The molecule has 26 N–H and O–H groups in total. The van der Waals surface area contributed by atoms with Gasteiger partial charge in [-0.2, -0.15) is 0 Å². The van der Waals surface area contributed by atoms with Crippen LogP contribution < -0.4 is 0 Å². The lowest BCUT2D eigenvalue weighted by atomic mass is 9.33. The molecule has 15 rings (SSSR count). The average Bonchev–Trinajstić information content (AvgIpc) is 0.671. The molecule has 0 aromatic carbocycles. The van der Waals surface area contributed by atoms with Crippen LogP contribution in [-0.4, -0.2) is 485 Å². The minimum Gasteiger partial charge on any atom is -0.479 e. The van der Waals surface area contributed by atoms with Crippen LogP contribution in [0.4, 0.5) is 0 Å². The molecule has 780 valence electrons. The first kappa shape index (κ1) is 107. The van der Waals surface area contributed by atoms with Crippen LogP contribution in [-0.2, 0) is 109 Å². The molecule has 10 saturated heterocycles. The monoisotopic (exact) mass is 1970 g/mol. The summed E-state index contributed by atoms with van der Waals surface area (Å²) in [7, 11) is 0. The van der Waals surface area contributed by atoms with Gasteiger partial charge < -0.3 is 232 Å². The average molecular weight is 1970 g/mol. The Kier molecular flexibility index (Phi) is 32.6. The predicted octanol–water partition coefficient (Wildman–Crippen LogP) is -10.8. The van der Waals surface area contributed by atoms with Gasteiger partial charge >= 0.3 is 11.9 Å². The Morgan fingerprint density at radius 3 is 1.29 bits per heavy atom. The molecule has 56 atom stereocenters. The highest BCUT2D eigenvalue weighted by Crippen LogP contribution is 2.76. The van der Waals surface area contributed by atoms with Gasteiger partial charge in [-0.25, -0.2) is 4.79 Å². The van der Waals surface area contributed by atoms with Crippen molar-refractivity contribution in [2.75, 3.05) is 39.6 Å². The van der Waals surface area contributed by atoms with Crippen LogP contribution in [0.2, 0.25) is 0 Å². The van der Waals surface area contributed by atoms with Crippen molar-refractivity contribution in [1.82, 2.24) is 0 Å². The Morgan fingerprint density at radius 2 is 0.794 bits per heavy atom. The molecule has 5 aliphatic carbocycles. The van der Waals surface area contributed by atoms with Crippen LogP contribution in [0.3, 0.4) is 0 Å². The number of hydrogen-bond donors (Lipinski definition) is 26. The molecule has 0 aromatic heterocycles. The van der Waals surface area contributed by atoms with E-state index in [1.54, 1.807) is 6.92 Å². The van der Waals surface area contributed by atoms with Crippen LogP contribution in [0.5, 0.6) is 0 Å². The number of aliphatic carboxylic acids is 1. The van der Waals surface area contributed by atoms with Gasteiger partial charge in [-0.15, -0.1) is 0 Å². The molecule has 49 heteroatoms. The number of fused-ring (bicyclic) bond motifs is 7. The van der Waals surface area contributed by atoms with E-state index in [4.69, 9.17) is 94.7 Å². The van der Waals surface area contributed by atoms with Crippen LogP contribution in [0.1, 0.15) is 127 Å². The molecule has 0 aromatic rings. The van der Waals surface area contributed by atoms with Crippen molar-refractivity contribution in [2.45, 2.75) is 421 Å². The standard InChI is InChI=1S/C87H138O49/c1-28-42(93)50(101)56(107)72(120-28)129-63-30(3)122-77(61(112)64(63)130-79-67(133-76-60(111)54(105)47(98)36(23-90)125-76)49(100)38(26-119-79)127-74-58(109)52(103)45(96)34(21-88)123-74)136-81(116)87-18-16-82(4,5)20-32(87)31-10-11-40-83(6)14-13-41(84(7,27-91)39(83)12-15-86(40,9)85(31,8)17-19-87)128-78-62(113)65(68(69(135-78)70(114)115)134-73-57(108)51(102)43(94)29(2)121-73)131-80-66(132-75-59(110)53(104)46(97)35(22-89)124-75)48(99)37(25-118-80)126-71-55(106)44(95)33(92)24-117-71/h10,27-30,32-69,71-80,88-90,92-113H,11-26H2,1-9H3,(H,114,115)/t28-,29-,30+,32-,33-,34+,35+,36+,37+,38+,39+,40+,41-,42-,43-,44-,45-,46-,47+,48-,49-,50+,51+,52-,53-,54-,55+,56+,57+,58+,59+,60+,61+,62+,63-,64+,65+,66+,67+,68-,69-,71-,72-,73-,74+,75+,76-,77-,78+,79-,80-,83-,84+,85+,86+,87-/m0/s1. The summed E-state index contributed by atoms with van der Waals surface area (Å²) in [6.07, 6.45) is -85.4. The van der Waals surface area contributed by atoms with Gasteiger partial charge in [0.1, 0.15) is 208 Å². The smallest absolute Gasteiger partial charge is 0.335 e. The summed E-state index contributed by atoms with van der Waals surface area (Å²) in [5, 5.41) is 289. The number of hydrogen-bond acceptors (Lipinski definition) is 48. The van der Waals surface area contributed by atoms with E-state index in [-0.39, 0.29) is 25.2 Å². The molecule has 0 radical (unpaired) electrons. The van der Waals surface area contributed by atoms with Gasteiger partial charge in [-0.05, 0) is 124 Å². The van der Waals surface area contributed by atoms with Crippen molar-refractivity contribution in [3.63, 3.8) is 0 Å². The Balaban J connectivity index is 0.699. The van der Waals surface area contributed by atoms with Crippen LogP contribution in [0.15, 0.2) is 11.6 Å². The van der Waals surface area contributed by atoms with Crippen LogP contribution in [0.25, 0.3) is 0 Å². The SMILES string of the molecule is C[C@@H]1O[C@@H](O[C@@H]2[C@H](O[C@@H]3OC[C@@H](O[C@H]4O[C@H](CO)[C@H](O)[C@H](O)[C@H]4O)[C@H](O)[C@H]3O[C@@H]3O[C@H](CO)[C@@H](O)[C@H](O)[C@H]3O)[C@@H](O)[C@H](OC(=O)[C@]34CCC(C)(C)C[C@H]3C3=CC[C@@H]5[C@@]6(C)CC[C@H](O[C@@H]7O[C@H](C(=O)O)[C@@H](O[C@@H]8O[C@@H](C)[C@H](O)[C@@H](O)[C@H]8O)[C@H](O[C@@H]8OC[C@@H](O[C@@H]9OC[C@H](O)[C@H](O)[C@H]9O)[C@H](O)[C@H]8O[C@H]8O[C@H](CO)[C@H](O)[C@H](O)[C@H]8O)[C@H]7O)[C@](C)(C=O)[C@@H]6CC[C@@]5(C)[C@]3(C)CC4)O[C@@H]2C)[C@H](O)[C@H](O)[C@H]1O. The summed E-state index contributed by atoms with van der Waals surface area (Å²) in [4.78, 5) is 44.7. The van der Waals surface area contributed by atoms with Crippen molar-refractivity contribution in [3.05, 3.63) is 11.6 Å². The number of carboxylic acids is 1. The van der Waals surface area contributed by atoms with E-state index < -0.39 is 391 Å². The van der Waals surface area contributed by atoms with Crippen molar-refractivity contribution >= 4 is 18.2 Å². The number of allylic oxidation sites excluding steroid dienone is 2. The highest BCUT2D eigenvalue weighted by Gasteiger charge is 2.72. The minimum absolute atomic E-state index is 0.0406. The molecule has 49 nitrogen and oxygen atoms in total. The molecule has 10 heterocycles. The van der Waals surface area contributed by atoms with Crippen molar-refractivity contribution in [1.29, 1.82) is 0 Å². The summed E-state index contributed by atoms with van der Waals surface area (Å²) in [5.41, 5.74) is -4.37. The predicted molar refractivity (Wildman–Crippen MR) is 437 cm³/mol. The van der Waals surface area contributed by atoms with E-state index in [1.165, 1.54) is 20.8 Å². The lowest BCUT2D eigenvalue weighted by Gasteiger charge is -2.71. The fourth-order valence-corrected chi connectivity index (χ4v) is 24.2. The Bertz CT molecular complexity index is 4050. The molecular weight excluding hydrogens is 1830 g/mol. The quantitative estimate of drug-likeness (QED) is 0.0175. The molecule has 15 aliphatic rings.